The van der Waals surface area contributed by atoms with Gasteiger partial charge in [-0.25, -0.2) is 9.50 Å². The molecule has 1 atom stereocenters. The number of carbonyl (C=O) groups is 1. The molecule has 2 aliphatic heterocycles. The second kappa shape index (κ2) is 7.35. The lowest BCUT2D eigenvalue weighted by molar-refractivity contribution is -0.130. The number of aromatic nitrogens is 4. The molecule has 2 aromatic rings. The largest absolute Gasteiger partial charge is 0.342 e. The zero-order valence-electron chi connectivity index (χ0n) is 17.7. The molecule has 1 amide bonds. The minimum Gasteiger partial charge on any atom is -0.342 e. The molecule has 0 radical (unpaired) electrons. The topological polar surface area (TPSA) is 66.6 Å². The maximum Gasteiger partial charge on any atom is 0.252 e. The minimum atomic E-state index is 0.290. The first-order chi connectivity index (χ1) is 14.0. The van der Waals surface area contributed by atoms with Gasteiger partial charge in [0.25, 0.3) is 5.78 Å². The summed E-state index contributed by atoms with van der Waals surface area (Å²) in [4.78, 5) is 26.5. The summed E-state index contributed by atoms with van der Waals surface area (Å²) in [7, 11) is 0. The van der Waals surface area contributed by atoms with Gasteiger partial charge in [0.2, 0.25) is 5.91 Å². The Morgan fingerprint density at radius 1 is 1.21 bits per heavy atom. The van der Waals surface area contributed by atoms with Crippen LogP contribution in [0.25, 0.3) is 5.78 Å². The lowest BCUT2D eigenvalue weighted by atomic mass is 9.79. The summed E-state index contributed by atoms with van der Waals surface area (Å²) in [5, 5.41) is 4.26. The highest BCUT2D eigenvalue weighted by molar-refractivity contribution is 5.77. The Labute approximate surface area is 172 Å². The standard InChI is InChI=1S/C22H32N6O/c1-16-19(17(2)28-21(25-16)23-15-24-28)6-7-20(29)27-11-9-22(14-27)8-3-10-26(13-22)12-18-4-5-18/h15,18H,3-14H2,1-2H3/t22-/m1/s1. The van der Waals surface area contributed by atoms with E-state index in [1.807, 2.05) is 13.8 Å². The van der Waals surface area contributed by atoms with Gasteiger partial charge in [0.05, 0.1) is 0 Å². The van der Waals surface area contributed by atoms with Gasteiger partial charge in [0.1, 0.15) is 6.33 Å². The molecule has 29 heavy (non-hydrogen) atoms. The van der Waals surface area contributed by atoms with Crippen molar-refractivity contribution in [1.82, 2.24) is 29.4 Å². The van der Waals surface area contributed by atoms with Crippen LogP contribution in [0.2, 0.25) is 0 Å². The number of piperidine rings is 1. The molecule has 3 fully saturated rings. The summed E-state index contributed by atoms with van der Waals surface area (Å²) in [5.41, 5.74) is 3.46. The number of nitrogens with zero attached hydrogens (tertiary/aromatic N) is 6. The number of hydrogen-bond acceptors (Lipinski definition) is 5. The van der Waals surface area contributed by atoms with Crippen molar-refractivity contribution in [3.05, 3.63) is 23.3 Å². The molecule has 0 N–H and O–H groups in total. The van der Waals surface area contributed by atoms with E-state index < -0.39 is 0 Å². The SMILES string of the molecule is Cc1nc2ncnn2c(C)c1CCC(=O)N1CC[C@@]2(CCCN(CC3CC3)C2)C1. The van der Waals surface area contributed by atoms with Gasteiger partial charge >= 0.3 is 0 Å². The van der Waals surface area contributed by atoms with Gasteiger partial charge in [-0.05, 0) is 70.4 Å². The number of aryl methyl sites for hydroxylation is 2. The van der Waals surface area contributed by atoms with E-state index in [4.69, 9.17) is 0 Å². The van der Waals surface area contributed by atoms with E-state index in [0.717, 1.165) is 42.4 Å². The summed E-state index contributed by atoms with van der Waals surface area (Å²) < 4.78 is 1.77. The number of carbonyl (C=O) groups excluding carboxylic acids is 1. The molecule has 3 aliphatic rings. The van der Waals surface area contributed by atoms with Crippen molar-refractivity contribution < 1.29 is 4.79 Å². The van der Waals surface area contributed by atoms with Gasteiger partial charge in [0, 0.05) is 49.4 Å². The Morgan fingerprint density at radius 2 is 2.07 bits per heavy atom. The normalized spacial score (nSPS) is 25.4. The van der Waals surface area contributed by atoms with E-state index in [-0.39, 0.29) is 0 Å². The van der Waals surface area contributed by atoms with Crippen LogP contribution in [-0.2, 0) is 11.2 Å². The summed E-state index contributed by atoms with van der Waals surface area (Å²) in [6.45, 7) is 9.65. The fraction of sp³-hybridized carbons (Fsp3) is 0.727. The first-order valence-electron chi connectivity index (χ1n) is 11.2. The molecule has 1 saturated carbocycles. The molecule has 4 heterocycles. The van der Waals surface area contributed by atoms with Gasteiger partial charge in [-0.15, -0.1) is 0 Å². The molecule has 7 nitrogen and oxygen atoms in total. The van der Waals surface area contributed by atoms with E-state index in [0.29, 0.717) is 23.5 Å². The van der Waals surface area contributed by atoms with Gasteiger partial charge in [-0.3, -0.25) is 4.79 Å². The van der Waals surface area contributed by atoms with Crippen molar-refractivity contribution in [3.8, 4) is 0 Å². The molecular formula is C22H32N6O. The lowest BCUT2D eigenvalue weighted by Crippen LogP contribution is -2.46. The molecule has 5 rings (SSSR count). The second-order valence-corrected chi connectivity index (χ2v) is 9.58. The zero-order chi connectivity index (χ0) is 20.0. The van der Waals surface area contributed by atoms with E-state index in [1.165, 1.54) is 58.1 Å². The maximum atomic E-state index is 13.0. The van der Waals surface area contributed by atoms with Gasteiger partial charge < -0.3 is 9.80 Å². The Morgan fingerprint density at radius 3 is 2.90 bits per heavy atom. The summed E-state index contributed by atoms with van der Waals surface area (Å²) in [6, 6.07) is 0. The highest BCUT2D eigenvalue weighted by atomic mass is 16.2. The average molecular weight is 397 g/mol. The number of rotatable bonds is 5. The lowest BCUT2D eigenvalue weighted by Gasteiger charge is -2.40. The third kappa shape index (κ3) is 3.77. The van der Waals surface area contributed by atoms with Crippen molar-refractivity contribution >= 4 is 11.7 Å². The van der Waals surface area contributed by atoms with E-state index in [1.54, 1.807) is 4.52 Å². The Bertz CT molecular complexity index is 919. The van der Waals surface area contributed by atoms with Gasteiger partial charge in [-0.2, -0.15) is 10.1 Å². The van der Waals surface area contributed by atoms with Gasteiger partial charge in [-0.1, -0.05) is 0 Å². The monoisotopic (exact) mass is 396 g/mol. The Kier molecular flexibility index (Phi) is 4.81. The smallest absolute Gasteiger partial charge is 0.252 e. The van der Waals surface area contributed by atoms with Crippen LogP contribution in [0, 0.1) is 25.2 Å². The predicted octanol–water partition coefficient (Wildman–Crippen LogP) is 2.40. The highest BCUT2D eigenvalue weighted by Crippen LogP contribution is 2.40. The molecule has 1 aliphatic carbocycles. The molecule has 0 aromatic carbocycles. The molecular weight excluding hydrogens is 364 g/mol. The van der Waals surface area contributed by atoms with Crippen LogP contribution in [-0.4, -0.2) is 68.0 Å². The Balaban J connectivity index is 1.21. The fourth-order valence-electron chi connectivity index (χ4n) is 5.52. The second-order valence-electron chi connectivity index (χ2n) is 9.58. The van der Waals surface area contributed by atoms with Crippen LogP contribution in [0.1, 0.15) is 55.5 Å². The molecule has 1 spiro atoms. The third-order valence-corrected chi connectivity index (χ3v) is 7.32. The van der Waals surface area contributed by atoms with Crippen LogP contribution in [0.5, 0.6) is 0 Å². The maximum absolute atomic E-state index is 13.0. The van der Waals surface area contributed by atoms with Gasteiger partial charge in [0.15, 0.2) is 0 Å². The molecule has 0 unspecified atom stereocenters. The molecule has 156 valence electrons. The van der Waals surface area contributed by atoms with Crippen LogP contribution in [0.15, 0.2) is 6.33 Å². The molecule has 7 heteroatoms. The van der Waals surface area contributed by atoms with E-state index in [9.17, 15) is 4.79 Å². The number of likely N-dealkylation sites (tertiary alicyclic amines) is 2. The van der Waals surface area contributed by atoms with Crippen molar-refractivity contribution in [2.24, 2.45) is 11.3 Å². The molecule has 0 bridgehead atoms. The van der Waals surface area contributed by atoms with Crippen LogP contribution in [0.3, 0.4) is 0 Å². The van der Waals surface area contributed by atoms with Crippen LogP contribution >= 0.6 is 0 Å². The van der Waals surface area contributed by atoms with E-state index in [2.05, 4.69) is 24.9 Å². The minimum absolute atomic E-state index is 0.290. The number of amides is 1. The number of hydrogen-bond donors (Lipinski definition) is 0. The van der Waals surface area contributed by atoms with Crippen molar-refractivity contribution in [2.45, 2.75) is 58.8 Å². The fourth-order valence-corrected chi connectivity index (χ4v) is 5.52. The first kappa shape index (κ1) is 19.0. The molecule has 2 aromatic heterocycles. The first-order valence-corrected chi connectivity index (χ1v) is 11.2. The third-order valence-electron chi connectivity index (χ3n) is 7.32. The zero-order valence-corrected chi connectivity index (χ0v) is 17.7. The quantitative estimate of drug-likeness (QED) is 0.776. The van der Waals surface area contributed by atoms with Crippen LogP contribution < -0.4 is 0 Å². The van der Waals surface area contributed by atoms with E-state index >= 15 is 0 Å². The van der Waals surface area contributed by atoms with Crippen LogP contribution in [0.4, 0.5) is 0 Å². The average Bonchev–Trinajstić information content (AvgIpc) is 3.22. The summed E-state index contributed by atoms with van der Waals surface area (Å²) in [6.07, 6.45) is 9.38. The van der Waals surface area contributed by atoms with Crippen molar-refractivity contribution in [2.75, 3.05) is 32.7 Å². The number of fused-ring (bicyclic) bond motifs is 1. The van der Waals surface area contributed by atoms with Crippen molar-refractivity contribution in [1.29, 1.82) is 0 Å². The van der Waals surface area contributed by atoms with Crippen molar-refractivity contribution in [3.63, 3.8) is 0 Å². The molecule has 2 saturated heterocycles. The summed E-state index contributed by atoms with van der Waals surface area (Å²) in [5.74, 6) is 1.87. The Hall–Kier alpha value is -2.02. The predicted molar refractivity (Wildman–Crippen MR) is 111 cm³/mol. The summed E-state index contributed by atoms with van der Waals surface area (Å²) >= 11 is 0. The highest BCUT2D eigenvalue weighted by Gasteiger charge is 2.43.